The van der Waals surface area contributed by atoms with E-state index in [1.165, 1.54) is 33.0 Å². The van der Waals surface area contributed by atoms with Crippen LogP contribution in [0.3, 0.4) is 0 Å². The Bertz CT molecular complexity index is 1490. The van der Waals surface area contributed by atoms with Gasteiger partial charge in [0, 0.05) is 22.8 Å². The number of hydrogen-bond acceptors (Lipinski definition) is 3. The number of ether oxygens (including phenoxy) is 1. The largest absolute Gasteiger partial charge is 0.471 e. The molecule has 1 aliphatic heterocycles. The minimum Gasteiger partial charge on any atom is -0.471 e. The summed E-state index contributed by atoms with van der Waals surface area (Å²) in [6, 6.07) is 17.6. The molecule has 0 saturated heterocycles. The smallest absolute Gasteiger partial charge is 0.240 e. The second kappa shape index (κ2) is 6.95. The molecule has 3 heterocycles. The van der Waals surface area contributed by atoms with Crippen molar-refractivity contribution in [1.82, 2.24) is 19.9 Å². The summed E-state index contributed by atoms with van der Waals surface area (Å²) < 4.78 is 5.96. The number of aromatic amines is 2. The molecule has 2 aromatic heterocycles. The Morgan fingerprint density at radius 3 is 2.38 bits per heavy atom. The summed E-state index contributed by atoms with van der Waals surface area (Å²) in [7, 11) is 0. The quantitative estimate of drug-likeness (QED) is 0.332. The molecule has 0 fully saturated rings. The molecule has 3 aromatic carbocycles. The number of imidazole rings is 2. The Kier molecular flexibility index (Phi) is 4.15. The van der Waals surface area contributed by atoms with Gasteiger partial charge < -0.3 is 14.7 Å². The summed E-state index contributed by atoms with van der Waals surface area (Å²) in [6.45, 7) is 9.13. The molecule has 2 N–H and O–H groups in total. The van der Waals surface area contributed by atoms with E-state index in [4.69, 9.17) is 9.72 Å². The number of hydrogen-bond donors (Lipinski definition) is 2. The monoisotopic (exact) mass is 422 g/mol. The zero-order valence-corrected chi connectivity index (χ0v) is 18.8. The Morgan fingerprint density at radius 2 is 1.56 bits per heavy atom. The van der Waals surface area contributed by atoms with E-state index in [0.717, 1.165) is 28.4 Å². The van der Waals surface area contributed by atoms with Crippen LogP contribution >= 0.6 is 0 Å². The lowest BCUT2D eigenvalue weighted by Gasteiger charge is -2.17. The van der Waals surface area contributed by atoms with E-state index in [1.807, 2.05) is 0 Å². The van der Waals surface area contributed by atoms with Crippen molar-refractivity contribution in [1.29, 1.82) is 0 Å². The third-order valence-electron chi connectivity index (χ3n) is 6.34. The lowest BCUT2D eigenvalue weighted by molar-refractivity contribution is 0.291. The third kappa shape index (κ3) is 2.92. The van der Waals surface area contributed by atoms with Crippen LogP contribution in [-0.4, -0.2) is 19.9 Å². The van der Waals surface area contributed by atoms with Gasteiger partial charge in [0.15, 0.2) is 0 Å². The molecule has 5 heteroatoms. The van der Waals surface area contributed by atoms with Gasteiger partial charge in [-0.2, -0.15) is 4.98 Å². The number of nitrogens with one attached hydrogen (secondary N) is 2. The minimum atomic E-state index is 0.335. The van der Waals surface area contributed by atoms with Crippen molar-refractivity contribution in [2.45, 2.75) is 46.1 Å². The molecule has 0 amide bonds. The molecule has 0 bridgehead atoms. The molecular weight excluding hydrogens is 396 g/mol. The van der Waals surface area contributed by atoms with E-state index in [9.17, 15) is 0 Å². The molecule has 6 rings (SSSR count). The fraction of sp³-hybridized carbons (Fsp3) is 0.259. The molecule has 32 heavy (non-hydrogen) atoms. The van der Waals surface area contributed by atoms with Gasteiger partial charge in [0.05, 0.1) is 11.0 Å². The van der Waals surface area contributed by atoms with Crippen molar-refractivity contribution in [3.05, 3.63) is 65.7 Å². The number of H-pyrrole nitrogens is 2. The van der Waals surface area contributed by atoms with Crippen LogP contribution in [0.2, 0.25) is 0 Å². The lowest BCUT2D eigenvalue weighted by Crippen LogP contribution is -2.05. The van der Waals surface area contributed by atoms with Crippen LogP contribution in [-0.2, 0) is 6.61 Å². The molecule has 0 radical (unpaired) electrons. The van der Waals surface area contributed by atoms with Gasteiger partial charge in [-0.25, -0.2) is 4.98 Å². The van der Waals surface area contributed by atoms with Crippen molar-refractivity contribution in [2.75, 3.05) is 0 Å². The van der Waals surface area contributed by atoms with Crippen molar-refractivity contribution in [2.24, 2.45) is 0 Å². The first-order chi connectivity index (χ1) is 15.5. The second-order valence-electron chi connectivity index (χ2n) is 9.29. The average molecular weight is 423 g/mol. The van der Waals surface area contributed by atoms with Gasteiger partial charge in [0.2, 0.25) is 5.88 Å². The van der Waals surface area contributed by atoms with Crippen molar-refractivity contribution >= 4 is 21.8 Å². The van der Waals surface area contributed by atoms with Gasteiger partial charge in [-0.1, -0.05) is 58.0 Å². The third-order valence-corrected chi connectivity index (χ3v) is 6.34. The zero-order chi connectivity index (χ0) is 22.0. The number of aromatic nitrogens is 4. The maximum Gasteiger partial charge on any atom is 0.240 e. The lowest BCUT2D eigenvalue weighted by atomic mass is 9.95. The SMILES string of the molecule is CC(C)c1nc2c([nH]1)-c1ccc(-c3ccc4c(ccc5[nH]c(C(C)C)nc54)c3)cc1CO2. The Labute approximate surface area is 186 Å². The minimum absolute atomic E-state index is 0.335. The van der Waals surface area contributed by atoms with Crippen molar-refractivity contribution in [3.8, 4) is 28.3 Å². The van der Waals surface area contributed by atoms with E-state index in [-0.39, 0.29) is 0 Å². The van der Waals surface area contributed by atoms with E-state index in [2.05, 4.69) is 91.2 Å². The summed E-state index contributed by atoms with van der Waals surface area (Å²) in [5.41, 5.74) is 7.86. The van der Waals surface area contributed by atoms with Crippen LogP contribution in [0.1, 0.15) is 56.7 Å². The summed E-state index contributed by atoms with van der Waals surface area (Å²) in [5, 5.41) is 2.38. The Balaban J connectivity index is 1.42. The summed E-state index contributed by atoms with van der Waals surface area (Å²) in [4.78, 5) is 16.4. The molecule has 0 atom stereocenters. The van der Waals surface area contributed by atoms with Gasteiger partial charge >= 0.3 is 0 Å². The fourth-order valence-electron chi connectivity index (χ4n) is 4.49. The van der Waals surface area contributed by atoms with E-state index < -0.39 is 0 Å². The molecular formula is C27H26N4O. The van der Waals surface area contributed by atoms with Crippen molar-refractivity contribution < 1.29 is 4.74 Å². The van der Waals surface area contributed by atoms with Gasteiger partial charge in [0.25, 0.3) is 0 Å². The highest BCUT2D eigenvalue weighted by Crippen LogP contribution is 2.39. The van der Waals surface area contributed by atoms with Crippen LogP contribution in [0.25, 0.3) is 44.2 Å². The topological polar surface area (TPSA) is 66.6 Å². The number of benzene rings is 3. The van der Waals surface area contributed by atoms with E-state index in [0.29, 0.717) is 24.3 Å². The maximum absolute atomic E-state index is 5.96. The molecule has 1 aliphatic rings. The van der Waals surface area contributed by atoms with Crippen molar-refractivity contribution in [3.63, 3.8) is 0 Å². The molecule has 0 unspecified atom stereocenters. The first-order valence-electron chi connectivity index (χ1n) is 11.3. The number of nitrogens with zero attached hydrogens (tertiary/aromatic N) is 2. The van der Waals surface area contributed by atoms with E-state index >= 15 is 0 Å². The van der Waals surface area contributed by atoms with E-state index in [1.54, 1.807) is 0 Å². The van der Waals surface area contributed by atoms with Gasteiger partial charge in [-0.15, -0.1) is 0 Å². The number of fused-ring (bicyclic) bond motifs is 6. The van der Waals surface area contributed by atoms with Crippen LogP contribution in [0.15, 0.2) is 48.5 Å². The first kappa shape index (κ1) is 19.1. The first-order valence-corrected chi connectivity index (χ1v) is 11.3. The Hall–Kier alpha value is -3.60. The Morgan fingerprint density at radius 1 is 0.812 bits per heavy atom. The van der Waals surface area contributed by atoms with Gasteiger partial charge in [-0.3, -0.25) is 0 Å². The second-order valence-corrected chi connectivity index (χ2v) is 9.29. The normalized spacial score (nSPS) is 13.1. The highest BCUT2D eigenvalue weighted by atomic mass is 16.5. The molecule has 160 valence electrons. The highest BCUT2D eigenvalue weighted by molar-refractivity contribution is 6.05. The zero-order valence-electron chi connectivity index (χ0n) is 18.8. The van der Waals surface area contributed by atoms with Gasteiger partial charge in [0.1, 0.15) is 23.9 Å². The highest BCUT2D eigenvalue weighted by Gasteiger charge is 2.23. The van der Waals surface area contributed by atoms with Crippen LogP contribution in [0.4, 0.5) is 0 Å². The molecule has 0 saturated carbocycles. The standard InChI is InChI=1S/C27H26N4O/c1-14(2)25-28-22-10-7-18-11-16(5-8-20(18)23(22)29-25)17-6-9-21-19(12-17)13-32-27-24(21)30-26(31-27)15(3)4/h5-12,14-15H,13H2,1-4H3,(H,28,29)(H,30,31). The summed E-state index contributed by atoms with van der Waals surface area (Å²) >= 11 is 0. The van der Waals surface area contributed by atoms with Gasteiger partial charge in [-0.05, 0) is 40.3 Å². The fourth-order valence-corrected chi connectivity index (χ4v) is 4.49. The van der Waals surface area contributed by atoms with Crippen LogP contribution in [0, 0.1) is 0 Å². The van der Waals surface area contributed by atoms with Crippen LogP contribution in [0.5, 0.6) is 5.88 Å². The predicted octanol–water partition coefficient (Wildman–Crippen LogP) is 6.91. The predicted molar refractivity (Wildman–Crippen MR) is 129 cm³/mol. The number of rotatable bonds is 3. The molecule has 0 aliphatic carbocycles. The van der Waals surface area contributed by atoms with Crippen LogP contribution < -0.4 is 4.74 Å². The maximum atomic E-state index is 5.96. The molecule has 0 spiro atoms. The summed E-state index contributed by atoms with van der Waals surface area (Å²) in [6.07, 6.45) is 0. The molecule has 5 nitrogen and oxygen atoms in total. The summed E-state index contributed by atoms with van der Waals surface area (Å²) in [5.74, 6) is 3.42. The average Bonchev–Trinajstić information content (AvgIpc) is 3.43. The molecule has 5 aromatic rings.